The molecule has 2 rings (SSSR count). The van der Waals surface area contributed by atoms with Crippen molar-refractivity contribution in [1.29, 1.82) is 0 Å². The van der Waals surface area contributed by atoms with Crippen LogP contribution in [0.25, 0.3) is 0 Å². The topological polar surface area (TPSA) is 12.0 Å². The van der Waals surface area contributed by atoms with Gasteiger partial charge in [0, 0.05) is 16.1 Å². The molecule has 0 bridgehead atoms. The van der Waals surface area contributed by atoms with Crippen LogP contribution >= 0.6 is 39.1 Å². The summed E-state index contributed by atoms with van der Waals surface area (Å²) in [6.07, 6.45) is 0.660. The number of hydrogen-bond acceptors (Lipinski definition) is 1. The smallest absolute Gasteiger partial charge is 0.137 e. The number of halogens is 4. The highest BCUT2D eigenvalue weighted by atomic mass is 79.9. The minimum Gasteiger partial charge on any atom is -0.313 e. The van der Waals surface area contributed by atoms with Gasteiger partial charge in [-0.2, -0.15) is 0 Å². The molecule has 20 heavy (non-hydrogen) atoms. The van der Waals surface area contributed by atoms with E-state index in [-0.39, 0.29) is 11.9 Å². The Morgan fingerprint density at radius 2 is 1.95 bits per heavy atom. The zero-order valence-electron chi connectivity index (χ0n) is 10.8. The van der Waals surface area contributed by atoms with E-state index in [4.69, 9.17) is 23.2 Å². The molecule has 0 fully saturated rings. The molecule has 0 aliphatic rings. The van der Waals surface area contributed by atoms with Gasteiger partial charge in [0.2, 0.25) is 0 Å². The Morgan fingerprint density at radius 1 is 1.20 bits per heavy atom. The maximum Gasteiger partial charge on any atom is 0.137 e. The predicted octanol–water partition coefficient (Wildman–Crippen LogP) is 5.40. The first-order valence-corrected chi connectivity index (χ1v) is 7.62. The molecule has 0 saturated carbocycles. The third-order valence-electron chi connectivity index (χ3n) is 3.13. The molecule has 2 aromatic carbocycles. The summed E-state index contributed by atoms with van der Waals surface area (Å²) in [6.45, 7) is 0. The summed E-state index contributed by atoms with van der Waals surface area (Å²) >= 11 is 15.2. The second-order valence-electron chi connectivity index (χ2n) is 4.45. The van der Waals surface area contributed by atoms with Crippen molar-refractivity contribution in [2.24, 2.45) is 0 Å². The van der Waals surface area contributed by atoms with Crippen molar-refractivity contribution >= 4 is 39.1 Å². The fourth-order valence-electron chi connectivity index (χ4n) is 2.02. The SMILES string of the molecule is CNC(Cc1ccc(Cl)cc1Cl)c1ccc(Br)c(F)c1. The summed E-state index contributed by atoms with van der Waals surface area (Å²) in [7, 11) is 1.84. The van der Waals surface area contributed by atoms with Gasteiger partial charge in [-0.05, 0) is 64.8 Å². The van der Waals surface area contributed by atoms with Gasteiger partial charge in [-0.25, -0.2) is 4.39 Å². The minimum atomic E-state index is -0.273. The fourth-order valence-corrected chi connectivity index (χ4v) is 2.76. The molecular weight excluding hydrogens is 364 g/mol. The monoisotopic (exact) mass is 375 g/mol. The maximum absolute atomic E-state index is 13.6. The van der Waals surface area contributed by atoms with Crippen LogP contribution in [0.1, 0.15) is 17.2 Å². The quantitative estimate of drug-likeness (QED) is 0.753. The van der Waals surface area contributed by atoms with E-state index in [9.17, 15) is 4.39 Å². The Kier molecular flexibility index (Phi) is 5.44. The van der Waals surface area contributed by atoms with Gasteiger partial charge in [0.25, 0.3) is 0 Å². The summed E-state index contributed by atoms with van der Waals surface area (Å²) < 4.78 is 14.1. The van der Waals surface area contributed by atoms with Crippen LogP contribution < -0.4 is 5.32 Å². The number of likely N-dealkylation sites (N-methyl/N-ethyl adjacent to an activating group) is 1. The van der Waals surface area contributed by atoms with E-state index >= 15 is 0 Å². The zero-order valence-corrected chi connectivity index (χ0v) is 13.9. The predicted molar refractivity (Wildman–Crippen MR) is 86.1 cm³/mol. The molecule has 1 unspecified atom stereocenters. The normalized spacial score (nSPS) is 12.4. The molecule has 1 atom stereocenters. The van der Waals surface area contributed by atoms with Gasteiger partial charge in [0.1, 0.15) is 5.82 Å². The first kappa shape index (κ1) is 15.8. The van der Waals surface area contributed by atoms with Gasteiger partial charge in [-0.15, -0.1) is 0 Å². The second-order valence-corrected chi connectivity index (χ2v) is 6.15. The largest absolute Gasteiger partial charge is 0.313 e. The molecule has 0 aliphatic carbocycles. The molecule has 2 aromatic rings. The number of hydrogen-bond donors (Lipinski definition) is 1. The lowest BCUT2D eigenvalue weighted by Gasteiger charge is -2.18. The van der Waals surface area contributed by atoms with Crippen molar-refractivity contribution in [3.8, 4) is 0 Å². The van der Waals surface area contributed by atoms with Crippen LogP contribution in [0.15, 0.2) is 40.9 Å². The van der Waals surface area contributed by atoms with E-state index in [2.05, 4.69) is 21.2 Å². The highest BCUT2D eigenvalue weighted by molar-refractivity contribution is 9.10. The molecule has 0 aliphatic heterocycles. The Morgan fingerprint density at radius 3 is 2.55 bits per heavy atom. The molecule has 5 heteroatoms. The molecular formula is C15H13BrCl2FN. The van der Waals surface area contributed by atoms with Gasteiger partial charge >= 0.3 is 0 Å². The zero-order chi connectivity index (χ0) is 14.7. The first-order chi connectivity index (χ1) is 9.51. The number of nitrogens with one attached hydrogen (secondary N) is 1. The van der Waals surface area contributed by atoms with Crippen molar-refractivity contribution in [2.75, 3.05) is 7.05 Å². The van der Waals surface area contributed by atoms with Crippen molar-refractivity contribution in [3.63, 3.8) is 0 Å². The highest BCUT2D eigenvalue weighted by Gasteiger charge is 2.14. The van der Waals surface area contributed by atoms with Gasteiger partial charge in [-0.1, -0.05) is 35.3 Å². The minimum absolute atomic E-state index is 0.0173. The van der Waals surface area contributed by atoms with Gasteiger partial charge in [0.15, 0.2) is 0 Å². The first-order valence-electron chi connectivity index (χ1n) is 6.07. The molecule has 0 radical (unpaired) electrons. The average Bonchev–Trinajstić information content (AvgIpc) is 2.41. The number of rotatable bonds is 4. The molecule has 0 spiro atoms. The maximum atomic E-state index is 13.6. The van der Waals surface area contributed by atoms with Crippen LogP contribution in [0.4, 0.5) is 4.39 Å². The molecule has 1 nitrogen and oxygen atoms in total. The van der Waals surface area contributed by atoms with E-state index in [0.29, 0.717) is 20.9 Å². The Hall–Kier alpha value is -0.610. The van der Waals surface area contributed by atoms with Crippen molar-refractivity contribution < 1.29 is 4.39 Å². The average molecular weight is 377 g/mol. The van der Waals surface area contributed by atoms with E-state index in [1.807, 2.05) is 19.2 Å². The standard InChI is InChI=1S/C15H13BrCl2FN/c1-20-15(10-3-5-12(16)14(19)6-10)7-9-2-4-11(17)8-13(9)18/h2-6,8,15,20H,7H2,1H3. The van der Waals surface area contributed by atoms with Crippen LogP contribution in [0, 0.1) is 5.82 Å². The molecule has 0 aromatic heterocycles. The highest BCUT2D eigenvalue weighted by Crippen LogP contribution is 2.27. The summed E-state index contributed by atoms with van der Waals surface area (Å²) in [5.74, 6) is -0.273. The van der Waals surface area contributed by atoms with Gasteiger partial charge < -0.3 is 5.32 Å². The lowest BCUT2D eigenvalue weighted by atomic mass is 9.99. The van der Waals surface area contributed by atoms with E-state index in [1.165, 1.54) is 6.07 Å². The van der Waals surface area contributed by atoms with Crippen molar-refractivity contribution in [2.45, 2.75) is 12.5 Å². The van der Waals surface area contributed by atoms with Crippen molar-refractivity contribution in [3.05, 3.63) is 67.9 Å². The lowest BCUT2D eigenvalue weighted by Crippen LogP contribution is -2.19. The van der Waals surface area contributed by atoms with E-state index in [1.54, 1.807) is 18.2 Å². The Balaban J connectivity index is 2.26. The molecule has 0 amide bonds. The molecule has 106 valence electrons. The van der Waals surface area contributed by atoms with Crippen LogP contribution in [0.3, 0.4) is 0 Å². The molecule has 0 saturated heterocycles. The second kappa shape index (κ2) is 6.90. The summed E-state index contributed by atoms with van der Waals surface area (Å²) in [4.78, 5) is 0. The fraction of sp³-hybridized carbons (Fsp3) is 0.200. The van der Waals surface area contributed by atoms with Crippen LogP contribution in [-0.2, 0) is 6.42 Å². The van der Waals surface area contributed by atoms with E-state index in [0.717, 1.165) is 11.1 Å². The Bertz CT molecular complexity index is 619. The number of benzene rings is 2. The van der Waals surface area contributed by atoms with Crippen LogP contribution in [0.2, 0.25) is 10.0 Å². The molecule has 1 N–H and O–H groups in total. The van der Waals surface area contributed by atoms with Crippen molar-refractivity contribution in [1.82, 2.24) is 5.32 Å². The lowest BCUT2D eigenvalue weighted by molar-refractivity contribution is 0.575. The summed E-state index contributed by atoms with van der Waals surface area (Å²) in [5.41, 5.74) is 1.85. The summed E-state index contributed by atoms with van der Waals surface area (Å²) in [6, 6.07) is 10.5. The van der Waals surface area contributed by atoms with Crippen LogP contribution in [0.5, 0.6) is 0 Å². The third-order valence-corrected chi connectivity index (χ3v) is 4.36. The Labute approximate surface area is 136 Å². The third kappa shape index (κ3) is 3.73. The summed E-state index contributed by atoms with van der Waals surface area (Å²) in [5, 5.41) is 4.41. The van der Waals surface area contributed by atoms with Gasteiger partial charge in [0.05, 0.1) is 4.47 Å². The van der Waals surface area contributed by atoms with Crippen LogP contribution in [-0.4, -0.2) is 7.05 Å². The van der Waals surface area contributed by atoms with E-state index < -0.39 is 0 Å². The van der Waals surface area contributed by atoms with Gasteiger partial charge in [-0.3, -0.25) is 0 Å². The molecule has 0 heterocycles.